The number of hydrogen-bond donors (Lipinski definition) is 2. The van der Waals surface area contributed by atoms with Crippen molar-refractivity contribution in [2.45, 2.75) is 44.2 Å². The predicted molar refractivity (Wildman–Crippen MR) is 83.2 cm³/mol. The minimum Gasteiger partial charge on any atom is -0.359 e. The van der Waals surface area contributed by atoms with Crippen molar-refractivity contribution in [2.75, 3.05) is 27.2 Å². The molecule has 1 saturated carbocycles. The number of hydrogen-bond acceptors (Lipinski definition) is 2. The van der Waals surface area contributed by atoms with Crippen molar-refractivity contribution in [1.29, 1.82) is 0 Å². The number of likely N-dealkylation sites (tertiary alicyclic amines) is 1. The lowest BCUT2D eigenvalue weighted by Gasteiger charge is -2.23. The van der Waals surface area contributed by atoms with E-state index in [2.05, 4.69) is 20.5 Å². The van der Waals surface area contributed by atoms with Gasteiger partial charge in [-0.1, -0.05) is 12.8 Å². The Kier molecular flexibility index (Phi) is 6.54. The normalized spacial score (nSPS) is 26.9. The zero-order valence-electron chi connectivity index (χ0n) is 10.9. The highest BCUT2D eigenvalue weighted by Gasteiger charge is 2.29. The van der Waals surface area contributed by atoms with Crippen LogP contribution in [0.15, 0.2) is 4.99 Å². The van der Waals surface area contributed by atoms with Crippen molar-refractivity contribution in [3.63, 3.8) is 0 Å². The summed E-state index contributed by atoms with van der Waals surface area (Å²) >= 11 is 0. The molecule has 17 heavy (non-hydrogen) atoms. The molecule has 0 spiro atoms. The first kappa shape index (κ1) is 15.0. The molecule has 2 aliphatic rings. The van der Waals surface area contributed by atoms with E-state index < -0.39 is 0 Å². The summed E-state index contributed by atoms with van der Waals surface area (Å²) in [6.45, 7) is 2.44. The number of nitrogens with one attached hydrogen (secondary N) is 2. The fourth-order valence-corrected chi connectivity index (χ4v) is 2.95. The summed E-state index contributed by atoms with van der Waals surface area (Å²) in [7, 11) is 3.74. The van der Waals surface area contributed by atoms with E-state index in [4.69, 9.17) is 0 Å². The molecule has 2 rings (SSSR count). The molecule has 1 unspecified atom stereocenters. The summed E-state index contributed by atoms with van der Waals surface area (Å²) in [4.78, 5) is 6.83. The predicted octanol–water partition coefficient (Wildman–Crippen LogP) is 1.42. The van der Waals surface area contributed by atoms with E-state index in [1.807, 2.05) is 14.1 Å². The Labute approximate surface area is 122 Å². The number of guanidine groups is 1. The molecule has 0 radical (unpaired) electrons. The van der Waals surface area contributed by atoms with Crippen LogP contribution in [0.1, 0.15) is 32.1 Å². The second-order valence-corrected chi connectivity index (χ2v) is 4.89. The zero-order chi connectivity index (χ0) is 11.4. The second kappa shape index (κ2) is 7.41. The van der Waals surface area contributed by atoms with Crippen LogP contribution in [0.25, 0.3) is 0 Å². The summed E-state index contributed by atoms with van der Waals surface area (Å²) in [5.41, 5.74) is 0. The minimum absolute atomic E-state index is 0. The first-order valence-electron chi connectivity index (χ1n) is 6.48. The lowest BCUT2D eigenvalue weighted by Crippen LogP contribution is -2.44. The molecule has 0 aromatic rings. The lowest BCUT2D eigenvalue weighted by molar-refractivity contribution is 0.242. The van der Waals surface area contributed by atoms with Crippen LogP contribution in [-0.2, 0) is 0 Å². The molecule has 1 aliphatic heterocycles. The van der Waals surface area contributed by atoms with Crippen LogP contribution in [0.2, 0.25) is 0 Å². The van der Waals surface area contributed by atoms with E-state index in [1.54, 1.807) is 0 Å². The molecule has 2 fully saturated rings. The number of halogens is 1. The first-order valence-corrected chi connectivity index (χ1v) is 6.48. The van der Waals surface area contributed by atoms with Crippen molar-refractivity contribution in [3.8, 4) is 0 Å². The first-order chi connectivity index (χ1) is 7.83. The third kappa shape index (κ3) is 3.98. The van der Waals surface area contributed by atoms with Gasteiger partial charge in [-0.15, -0.1) is 24.0 Å². The second-order valence-electron chi connectivity index (χ2n) is 4.89. The van der Waals surface area contributed by atoms with Crippen molar-refractivity contribution in [3.05, 3.63) is 0 Å². The molecule has 4 nitrogen and oxygen atoms in total. The molecule has 5 heteroatoms. The fourth-order valence-electron chi connectivity index (χ4n) is 2.95. The van der Waals surface area contributed by atoms with Crippen LogP contribution in [0.5, 0.6) is 0 Å². The Bertz CT molecular complexity index is 251. The minimum atomic E-state index is 0. The van der Waals surface area contributed by atoms with Crippen LogP contribution in [-0.4, -0.2) is 50.1 Å². The summed E-state index contributed by atoms with van der Waals surface area (Å²) in [5.74, 6) is 0.915. The molecule has 0 aromatic carbocycles. The Hall–Kier alpha value is -0.0400. The Morgan fingerprint density at radius 3 is 2.53 bits per heavy atom. The van der Waals surface area contributed by atoms with Gasteiger partial charge >= 0.3 is 0 Å². The van der Waals surface area contributed by atoms with Gasteiger partial charge in [-0.3, -0.25) is 9.89 Å². The molecule has 2 N–H and O–H groups in total. The van der Waals surface area contributed by atoms with Crippen LogP contribution < -0.4 is 10.6 Å². The molecular weight excluding hydrogens is 327 g/mol. The summed E-state index contributed by atoms with van der Waals surface area (Å²) < 4.78 is 0. The highest BCUT2D eigenvalue weighted by atomic mass is 127. The summed E-state index contributed by atoms with van der Waals surface area (Å²) in [6, 6.07) is 1.44. The van der Waals surface area contributed by atoms with Crippen molar-refractivity contribution >= 4 is 29.9 Å². The van der Waals surface area contributed by atoms with Gasteiger partial charge in [-0.25, -0.2) is 0 Å². The highest BCUT2D eigenvalue weighted by molar-refractivity contribution is 14.0. The topological polar surface area (TPSA) is 39.7 Å². The Morgan fingerprint density at radius 2 is 1.94 bits per heavy atom. The maximum atomic E-state index is 4.17. The average Bonchev–Trinajstić information content (AvgIpc) is 2.96. The number of nitrogens with zero attached hydrogens (tertiary/aromatic N) is 2. The molecular formula is C12H25IN4. The number of aliphatic imine (C=N–C) groups is 1. The lowest BCUT2D eigenvalue weighted by atomic mass is 10.2. The van der Waals surface area contributed by atoms with Crippen molar-refractivity contribution in [2.24, 2.45) is 4.99 Å². The van der Waals surface area contributed by atoms with Gasteiger partial charge in [0.2, 0.25) is 0 Å². The third-order valence-electron chi connectivity index (χ3n) is 3.86. The van der Waals surface area contributed by atoms with Crippen LogP contribution in [0.3, 0.4) is 0 Å². The Morgan fingerprint density at radius 1 is 1.24 bits per heavy atom. The van der Waals surface area contributed by atoms with Gasteiger partial charge < -0.3 is 10.6 Å². The molecule has 1 atom stereocenters. The highest BCUT2D eigenvalue weighted by Crippen LogP contribution is 2.26. The van der Waals surface area contributed by atoms with Gasteiger partial charge in [0, 0.05) is 39.3 Å². The van der Waals surface area contributed by atoms with E-state index in [0.29, 0.717) is 6.04 Å². The van der Waals surface area contributed by atoms with E-state index in [-0.39, 0.29) is 24.0 Å². The third-order valence-corrected chi connectivity index (χ3v) is 3.86. The van der Waals surface area contributed by atoms with E-state index in [9.17, 15) is 0 Å². The molecule has 1 saturated heterocycles. The van der Waals surface area contributed by atoms with Crippen LogP contribution >= 0.6 is 24.0 Å². The Balaban J connectivity index is 0.00000144. The van der Waals surface area contributed by atoms with Gasteiger partial charge in [-0.2, -0.15) is 0 Å². The van der Waals surface area contributed by atoms with E-state index >= 15 is 0 Å². The van der Waals surface area contributed by atoms with Crippen LogP contribution in [0.4, 0.5) is 0 Å². The van der Waals surface area contributed by atoms with Gasteiger partial charge in [0.1, 0.15) is 0 Å². The molecule has 0 aromatic heterocycles. The van der Waals surface area contributed by atoms with Gasteiger partial charge in [0.05, 0.1) is 0 Å². The molecule has 1 aliphatic carbocycles. The van der Waals surface area contributed by atoms with E-state index in [1.165, 1.54) is 45.2 Å². The van der Waals surface area contributed by atoms with Gasteiger partial charge in [0.15, 0.2) is 5.96 Å². The quantitative estimate of drug-likeness (QED) is 0.449. The van der Waals surface area contributed by atoms with E-state index in [0.717, 1.165) is 12.0 Å². The maximum Gasteiger partial charge on any atom is 0.190 e. The smallest absolute Gasteiger partial charge is 0.190 e. The summed E-state index contributed by atoms with van der Waals surface area (Å²) in [5, 5.41) is 6.55. The SMILES string of the molecule is CN=C(NC)NC1CCN(C2CCCC2)C1.I. The fraction of sp³-hybridized carbons (Fsp3) is 0.917. The molecule has 0 bridgehead atoms. The number of rotatable bonds is 2. The maximum absolute atomic E-state index is 4.17. The molecule has 1 heterocycles. The average molecular weight is 352 g/mol. The summed E-state index contributed by atoms with van der Waals surface area (Å²) in [6.07, 6.45) is 6.92. The zero-order valence-corrected chi connectivity index (χ0v) is 13.2. The van der Waals surface area contributed by atoms with Crippen molar-refractivity contribution < 1.29 is 0 Å². The largest absolute Gasteiger partial charge is 0.359 e. The van der Waals surface area contributed by atoms with Crippen LogP contribution in [0, 0.1) is 0 Å². The standard InChI is InChI=1S/C12H24N4.HI/c1-13-12(14-2)15-10-7-8-16(9-10)11-5-3-4-6-11;/h10-11H,3-9H2,1-2H3,(H2,13,14,15);1H. The van der Waals surface area contributed by atoms with Crippen molar-refractivity contribution in [1.82, 2.24) is 15.5 Å². The monoisotopic (exact) mass is 352 g/mol. The van der Waals surface area contributed by atoms with Gasteiger partial charge in [0.25, 0.3) is 0 Å². The van der Waals surface area contributed by atoms with Gasteiger partial charge in [-0.05, 0) is 19.3 Å². The molecule has 100 valence electrons. The molecule has 0 amide bonds.